The second-order valence-electron chi connectivity index (χ2n) is 6.03. The summed E-state index contributed by atoms with van der Waals surface area (Å²) >= 11 is 0. The van der Waals surface area contributed by atoms with Crippen LogP contribution in [-0.4, -0.2) is 27.8 Å². The molecule has 6 nitrogen and oxygen atoms in total. The molecule has 132 valence electrons. The van der Waals surface area contributed by atoms with Crippen LogP contribution in [0.4, 0.5) is 0 Å². The molecule has 0 aromatic heterocycles. The van der Waals surface area contributed by atoms with E-state index in [1.807, 2.05) is 30.3 Å². The second-order valence-corrected chi connectivity index (χ2v) is 6.03. The van der Waals surface area contributed by atoms with Crippen LogP contribution in [0.5, 0.6) is 5.75 Å². The molecule has 1 aliphatic rings. The first-order chi connectivity index (χ1) is 13.1. The van der Waals surface area contributed by atoms with Crippen molar-refractivity contribution >= 4 is 17.6 Å². The summed E-state index contributed by atoms with van der Waals surface area (Å²) in [6.45, 7) is 0. The topological polar surface area (TPSA) is 99.0 Å². The van der Waals surface area contributed by atoms with Crippen molar-refractivity contribution in [3.63, 3.8) is 0 Å². The number of hydrogen-bond acceptors (Lipinski definition) is 4. The molecule has 0 unspecified atom stereocenters. The minimum absolute atomic E-state index is 0.0580. The monoisotopic (exact) mass is 358 g/mol. The van der Waals surface area contributed by atoms with Gasteiger partial charge >= 0.3 is 5.97 Å². The largest absolute Gasteiger partial charge is 0.508 e. The first-order valence-corrected chi connectivity index (χ1v) is 8.20. The molecule has 0 heterocycles. The summed E-state index contributed by atoms with van der Waals surface area (Å²) in [5.74, 6) is -1.46. The molecule has 1 amide bonds. The lowest BCUT2D eigenvalue weighted by Crippen LogP contribution is -2.20. The van der Waals surface area contributed by atoms with E-state index in [1.54, 1.807) is 6.07 Å². The lowest BCUT2D eigenvalue weighted by Gasteiger charge is -2.07. The zero-order valence-corrected chi connectivity index (χ0v) is 14.0. The zero-order valence-electron chi connectivity index (χ0n) is 14.0. The lowest BCUT2D eigenvalue weighted by atomic mass is 10.0. The van der Waals surface area contributed by atoms with Crippen LogP contribution in [0.15, 0.2) is 71.8 Å². The number of hydrogen-bond donors (Lipinski definition) is 3. The van der Waals surface area contributed by atoms with Crippen molar-refractivity contribution in [1.29, 1.82) is 0 Å². The molecule has 0 saturated carbocycles. The molecule has 0 aliphatic heterocycles. The molecule has 0 radical (unpaired) electrons. The maximum atomic E-state index is 12.3. The third-order valence-electron chi connectivity index (χ3n) is 4.40. The van der Waals surface area contributed by atoms with Crippen LogP contribution in [0.2, 0.25) is 0 Å². The number of nitrogens with zero attached hydrogens (tertiary/aromatic N) is 1. The van der Waals surface area contributed by atoms with Gasteiger partial charge in [-0.15, -0.1) is 0 Å². The van der Waals surface area contributed by atoms with Crippen LogP contribution < -0.4 is 5.43 Å². The summed E-state index contributed by atoms with van der Waals surface area (Å²) in [4.78, 5) is 24.0. The number of nitrogens with one attached hydrogen (secondary N) is 1. The number of aromatic carboxylic acids is 1. The number of aromatic hydroxyl groups is 1. The Hall–Kier alpha value is -3.93. The highest BCUT2D eigenvalue weighted by Gasteiger charge is 2.29. The molecule has 0 saturated heterocycles. The van der Waals surface area contributed by atoms with Gasteiger partial charge in [-0.2, -0.15) is 5.10 Å². The summed E-state index contributed by atoms with van der Waals surface area (Å²) < 4.78 is 0. The average molecular weight is 358 g/mol. The molecule has 3 aromatic rings. The van der Waals surface area contributed by atoms with Gasteiger partial charge in [0.2, 0.25) is 0 Å². The van der Waals surface area contributed by atoms with E-state index < -0.39 is 11.9 Å². The van der Waals surface area contributed by atoms with Crippen molar-refractivity contribution in [3.05, 3.63) is 89.0 Å². The molecule has 0 atom stereocenters. The van der Waals surface area contributed by atoms with E-state index in [-0.39, 0.29) is 11.3 Å². The lowest BCUT2D eigenvalue weighted by molar-refractivity contribution is 0.0696. The number of carbonyl (C=O) groups is 2. The molecule has 1 aliphatic carbocycles. The minimum atomic E-state index is -1.06. The first kappa shape index (κ1) is 16.5. The third-order valence-corrected chi connectivity index (χ3v) is 4.40. The highest BCUT2D eigenvalue weighted by molar-refractivity contribution is 6.27. The Bertz CT molecular complexity index is 1100. The van der Waals surface area contributed by atoms with Crippen molar-refractivity contribution in [2.45, 2.75) is 0 Å². The van der Waals surface area contributed by atoms with Crippen LogP contribution >= 0.6 is 0 Å². The summed E-state index contributed by atoms with van der Waals surface area (Å²) in [6, 6.07) is 18.3. The van der Waals surface area contributed by atoms with Crippen LogP contribution in [0.25, 0.3) is 11.1 Å². The van der Waals surface area contributed by atoms with Crippen molar-refractivity contribution < 1.29 is 19.8 Å². The van der Waals surface area contributed by atoms with E-state index in [0.717, 1.165) is 16.7 Å². The smallest absolute Gasteiger partial charge is 0.336 e. The Morgan fingerprint density at radius 3 is 2.19 bits per heavy atom. The normalized spacial score (nSPS) is 13.1. The number of phenols is 1. The van der Waals surface area contributed by atoms with Crippen LogP contribution in [0, 0.1) is 0 Å². The Morgan fingerprint density at radius 2 is 1.48 bits per heavy atom. The number of hydrazone groups is 1. The maximum Gasteiger partial charge on any atom is 0.336 e. The number of carbonyl (C=O) groups excluding carboxylic acids is 1. The molecule has 0 bridgehead atoms. The SMILES string of the molecule is O=C(N/N=C1\c2ccccc2-c2cccc(C(=O)O)c21)c1ccc(O)cc1. The van der Waals surface area contributed by atoms with Crippen LogP contribution in [0.3, 0.4) is 0 Å². The number of rotatable bonds is 3. The van der Waals surface area contributed by atoms with Gasteiger partial charge in [-0.05, 0) is 41.5 Å². The fourth-order valence-corrected chi connectivity index (χ4v) is 3.17. The number of benzene rings is 3. The van der Waals surface area contributed by atoms with Gasteiger partial charge in [0, 0.05) is 16.7 Å². The highest BCUT2D eigenvalue weighted by atomic mass is 16.4. The van der Waals surface area contributed by atoms with Crippen LogP contribution in [0.1, 0.15) is 31.8 Å². The molecule has 27 heavy (non-hydrogen) atoms. The predicted octanol–water partition coefficient (Wildman–Crippen LogP) is 3.25. The Kier molecular flexibility index (Phi) is 3.93. The van der Waals surface area contributed by atoms with Crippen molar-refractivity contribution in [2.24, 2.45) is 5.10 Å². The molecule has 6 heteroatoms. The van der Waals surface area contributed by atoms with Gasteiger partial charge in [-0.1, -0.05) is 36.4 Å². The Balaban J connectivity index is 1.78. The summed E-state index contributed by atoms with van der Waals surface area (Å²) in [5.41, 5.74) is 6.22. The van der Waals surface area contributed by atoms with Gasteiger partial charge in [0.15, 0.2) is 0 Å². The number of amides is 1. The zero-order chi connectivity index (χ0) is 19.0. The molecule has 0 spiro atoms. The summed E-state index contributed by atoms with van der Waals surface area (Å²) in [6.07, 6.45) is 0. The standard InChI is InChI=1S/C21H14N2O4/c24-13-10-8-12(9-11-13)20(25)23-22-19-16-5-2-1-4-14(16)15-6-3-7-17(18(15)19)21(26)27/h1-11,24H,(H,23,25)(H,26,27)/b22-19+. The molecule has 3 N–H and O–H groups in total. The fourth-order valence-electron chi connectivity index (χ4n) is 3.17. The Morgan fingerprint density at radius 1 is 0.815 bits per heavy atom. The van der Waals surface area contributed by atoms with Crippen LogP contribution in [-0.2, 0) is 0 Å². The second kappa shape index (κ2) is 6.42. The number of phenolic OH excluding ortho intramolecular Hbond substituents is 1. The third kappa shape index (κ3) is 2.83. The quantitative estimate of drug-likeness (QED) is 0.490. The average Bonchev–Trinajstić information content (AvgIpc) is 3.00. The predicted molar refractivity (Wildman–Crippen MR) is 100 cm³/mol. The van der Waals surface area contributed by atoms with Crippen molar-refractivity contribution in [2.75, 3.05) is 0 Å². The maximum absolute atomic E-state index is 12.3. The summed E-state index contributed by atoms with van der Waals surface area (Å²) in [5, 5.41) is 23.1. The van der Waals surface area contributed by atoms with Gasteiger partial charge in [0.25, 0.3) is 5.91 Å². The van der Waals surface area contributed by atoms with Gasteiger partial charge in [-0.25, -0.2) is 10.2 Å². The van der Waals surface area contributed by atoms with E-state index in [0.29, 0.717) is 16.8 Å². The highest BCUT2D eigenvalue weighted by Crippen LogP contribution is 2.38. The number of carboxylic acid groups (broad SMARTS) is 1. The van der Waals surface area contributed by atoms with Gasteiger partial charge < -0.3 is 10.2 Å². The molecule has 3 aromatic carbocycles. The number of carboxylic acids is 1. The number of fused-ring (bicyclic) bond motifs is 3. The Labute approximate surface area is 154 Å². The molecule has 0 fully saturated rings. The fraction of sp³-hybridized carbons (Fsp3) is 0. The van der Waals surface area contributed by atoms with E-state index in [9.17, 15) is 19.8 Å². The van der Waals surface area contributed by atoms with Gasteiger partial charge in [0.1, 0.15) is 5.75 Å². The van der Waals surface area contributed by atoms with E-state index in [1.165, 1.54) is 30.3 Å². The summed E-state index contributed by atoms with van der Waals surface area (Å²) in [7, 11) is 0. The van der Waals surface area contributed by atoms with Gasteiger partial charge in [0.05, 0.1) is 11.3 Å². The first-order valence-electron chi connectivity index (χ1n) is 8.20. The minimum Gasteiger partial charge on any atom is -0.508 e. The van der Waals surface area contributed by atoms with Gasteiger partial charge in [-0.3, -0.25) is 4.79 Å². The molecular formula is C21H14N2O4. The van der Waals surface area contributed by atoms with Crippen molar-refractivity contribution in [3.8, 4) is 16.9 Å². The molecular weight excluding hydrogens is 344 g/mol. The van der Waals surface area contributed by atoms with E-state index >= 15 is 0 Å². The van der Waals surface area contributed by atoms with E-state index in [4.69, 9.17) is 0 Å². The molecule has 4 rings (SSSR count). The van der Waals surface area contributed by atoms with E-state index in [2.05, 4.69) is 10.5 Å². The van der Waals surface area contributed by atoms with Crippen molar-refractivity contribution in [1.82, 2.24) is 5.43 Å².